The second-order valence-corrected chi connectivity index (χ2v) is 3.31. The fourth-order valence-corrected chi connectivity index (χ4v) is 1.44. The van der Waals surface area contributed by atoms with Crippen molar-refractivity contribution in [2.75, 3.05) is 0 Å². The number of halogens is 2. The van der Waals surface area contributed by atoms with E-state index in [-0.39, 0.29) is 5.92 Å². The molecule has 1 atom stereocenters. The molecule has 1 aliphatic carbocycles. The second kappa shape index (κ2) is 2.88. The van der Waals surface area contributed by atoms with Crippen molar-refractivity contribution < 1.29 is 13.6 Å². The van der Waals surface area contributed by atoms with Gasteiger partial charge in [0.15, 0.2) is 0 Å². The largest absolute Gasteiger partial charge is 0.303 e. The number of carbonyl (C=O) groups excluding carboxylic acids is 1. The summed E-state index contributed by atoms with van der Waals surface area (Å²) in [6.07, 6.45) is 2.97. The van der Waals surface area contributed by atoms with Crippen molar-refractivity contribution in [3.63, 3.8) is 0 Å². The van der Waals surface area contributed by atoms with Gasteiger partial charge in [0.25, 0.3) is 5.92 Å². The lowest BCUT2D eigenvalue weighted by Crippen LogP contribution is -2.36. The first-order valence-electron chi connectivity index (χ1n) is 3.89. The number of aldehydes is 1. The Morgan fingerprint density at radius 1 is 1.55 bits per heavy atom. The molecule has 0 amide bonds. The molecule has 0 radical (unpaired) electrons. The Labute approximate surface area is 64.8 Å². The standard InChI is InChI=1S/C8H12F2O/c1-8(9,10)7(5-11)6-3-2-4-6/h5-7H,2-4H2,1H3. The molecule has 0 aromatic carbocycles. The number of hydrogen-bond acceptors (Lipinski definition) is 1. The van der Waals surface area contributed by atoms with Crippen LogP contribution in [0.5, 0.6) is 0 Å². The first-order valence-corrected chi connectivity index (χ1v) is 3.89. The van der Waals surface area contributed by atoms with Gasteiger partial charge in [-0.15, -0.1) is 0 Å². The van der Waals surface area contributed by atoms with E-state index in [9.17, 15) is 13.6 Å². The minimum absolute atomic E-state index is 0.0625. The molecule has 0 heterocycles. The molecule has 11 heavy (non-hydrogen) atoms. The van der Waals surface area contributed by atoms with Crippen molar-refractivity contribution in [2.24, 2.45) is 11.8 Å². The van der Waals surface area contributed by atoms with Crippen LogP contribution in [0.15, 0.2) is 0 Å². The highest BCUT2D eigenvalue weighted by Gasteiger charge is 2.41. The van der Waals surface area contributed by atoms with Gasteiger partial charge in [0.05, 0.1) is 5.92 Å². The highest BCUT2D eigenvalue weighted by molar-refractivity contribution is 5.56. The number of hydrogen-bond donors (Lipinski definition) is 0. The number of rotatable bonds is 3. The van der Waals surface area contributed by atoms with E-state index in [1.807, 2.05) is 0 Å². The van der Waals surface area contributed by atoms with Crippen LogP contribution in [0.3, 0.4) is 0 Å². The van der Waals surface area contributed by atoms with Gasteiger partial charge in [0.2, 0.25) is 0 Å². The summed E-state index contributed by atoms with van der Waals surface area (Å²) >= 11 is 0. The third kappa shape index (κ3) is 1.76. The van der Waals surface area contributed by atoms with Crippen LogP contribution in [0.25, 0.3) is 0 Å². The lowest BCUT2D eigenvalue weighted by atomic mass is 9.74. The van der Waals surface area contributed by atoms with Gasteiger partial charge in [0.1, 0.15) is 6.29 Å². The maximum atomic E-state index is 12.6. The maximum absolute atomic E-state index is 12.6. The zero-order valence-electron chi connectivity index (χ0n) is 6.52. The molecule has 1 rings (SSSR count). The first kappa shape index (κ1) is 8.62. The Bertz CT molecular complexity index is 147. The van der Waals surface area contributed by atoms with Crippen LogP contribution >= 0.6 is 0 Å². The summed E-state index contributed by atoms with van der Waals surface area (Å²) in [5.74, 6) is -3.93. The van der Waals surface area contributed by atoms with Gasteiger partial charge in [-0.05, 0) is 18.8 Å². The Kier molecular flexibility index (Phi) is 2.25. The molecule has 0 bridgehead atoms. The zero-order valence-corrected chi connectivity index (χ0v) is 6.52. The third-order valence-corrected chi connectivity index (χ3v) is 2.39. The zero-order chi connectivity index (χ0) is 8.48. The summed E-state index contributed by atoms with van der Waals surface area (Å²) in [5.41, 5.74) is 0. The molecule has 1 fully saturated rings. The SMILES string of the molecule is CC(F)(F)C(C=O)C1CCC1. The van der Waals surface area contributed by atoms with Gasteiger partial charge >= 0.3 is 0 Å². The van der Waals surface area contributed by atoms with E-state index in [1.165, 1.54) is 0 Å². The van der Waals surface area contributed by atoms with Gasteiger partial charge in [-0.2, -0.15) is 0 Å². The molecule has 0 aromatic rings. The Morgan fingerprint density at radius 3 is 2.18 bits per heavy atom. The fraction of sp³-hybridized carbons (Fsp3) is 0.875. The summed E-state index contributed by atoms with van der Waals surface area (Å²) < 4.78 is 25.3. The van der Waals surface area contributed by atoms with Gasteiger partial charge in [-0.1, -0.05) is 6.42 Å². The molecule has 0 N–H and O–H groups in total. The van der Waals surface area contributed by atoms with Crippen LogP contribution in [0.2, 0.25) is 0 Å². The van der Waals surface area contributed by atoms with Crippen LogP contribution < -0.4 is 0 Å². The Balaban J connectivity index is 2.54. The molecule has 3 heteroatoms. The molecule has 64 valence electrons. The van der Waals surface area contributed by atoms with Crippen molar-refractivity contribution in [1.82, 2.24) is 0 Å². The molecule has 0 saturated heterocycles. The molecular weight excluding hydrogens is 150 g/mol. The fourth-order valence-electron chi connectivity index (χ4n) is 1.44. The Morgan fingerprint density at radius 2 is 2.09 bits per heavy atom. The predicted octanol–water partition coefficient (Wildman–Crippen LogP) is 2.26. The van der Waals surface area contributed by atoms with Crippen molar-refractivity contribution >= 4 is 6.29 Å². The maximum Gasteiger partial charge on any atom is 0.255 e. The van der Waals surface area contributed by atoms with E-state index in [1.54, 1.807) is 0 Å². The smallest absolute Gasteiger partial charge is 0.255 e. The summed E-state index contributed by atoms with van der Waals surface area (Å²) in [6, 6.07) is 0. The van der Waals surface area contributed by atoms with Crippen LogP contribution in [-0.4, -0.2) is 12.2 Å². The summed E-state index contributed by atoms with van der Waals surface area (Å²) in [4.78, 5) is 10.3. The molecule has 1 saturated carbocycles. The molecular formula is C8H12F2O. The summed E-state index contributed by atoms with van der Waals surface area (Å²) in [6.45, 7) is 0.824. The first-order chi connectivity index (χ1) is 5.05. The van der Waals surface area contributed by atoms with E-state index in [2.05, 4.69) is 0 Å². The summed E-state index contributed by atoms with van der Waals surface area (Å²) in [7, 11) is 0. The molecule has 1 aliphatic rings. The van der Waals surface area contributed by atoms with E-state index in [4.69, 9.17) is 0 Å². The van der Waals surface area contributed by atoms with Gasteiger partial charge in [-0.25, -0.2) is 8.78 Å². The molecule has 0 aliphatic heterocycles. The lowest BCUT2D eigenvalue weighted by Gasteiger charge is -2.33. The normalized spacial score (nSPS) is 22.5. The van der Waals surface area contributed by atoms with Gasteiger partial charge in [-0.3, -0.25) is 0 Å². The molecule has 0 spiro atoms. The minimum atomic E-state index is -2.83. The van der Waals surface area contributed by atoms with E-state index < -0.39 is 11.8 Å². The summed E-state index contributed by atoms with van der Waals surface area (Å²) in [5, 5.41) is 0. The topological polar surface area (TPSA) is 17.1 Å². The number of alkyl halides is 2. The van der Waals surface area contributed by atoms with E-state index in [0.29, 0.717) is 6.29 Å². The predicted molar refractivity (Wildman–Crippen MR) is 37.5 cm³/mol. The van der Waals surface area contributed by atoms with Gasteiger partial charge in [0, 0.05) is 6.92 Å². The minimum Gasteiger partial charge on any atom is -0.303 e. The van der Waals surface area contributed by atoms with E-state index >= 15 is 0 Å². The van der Waals surface area contributed by atoms with Crippen molar-refractivity contribution in [1.29, 1.82) is 0 Å². The quantitative estimate of drug-likeness (QED) is 0.582. The molecule has 1 nitrogen and oxygen atoms in total. The third-order valence-electron chi connectivity index (χ3n) is 2.39. The van der Waals surface area contributed by atoms with Crippen molar-refractivity contribution in [3.05, 3.63) is 0 Å². The average molecular weight is 162 g/mol. The van der Waals surface area contributed by atoms with Crippen LogP contribution in [0.1, 0.15) is 26.2 Å². The highest BCUT2D eigenvalue weighted by atomic mass is 19.3. The second-order valence-electron chi connectivity index (χ2n) is 3.31. The Hall–Kier alpha value is -0.470. The van der Waals surface area contributed by atoms with Crippen LogP contribution in [-0.2, 0) is 4.79 Å². The van der Waals surface area contributed by atoms with Crippen molar-refractivity contribution in [2.45, 2.75) is 32.1 Å². The molecule has 1 unspecified atom stereocenters. The van der Waals surface area contributed by atoms with Crippen LogP contribution in [0.4, 0.5) is 8.78 Å². The van der Waals surface area contributed by atoms with Crippen molar-refractivity contribution in [3.8, 4) is 0 Å². The lowest BCUT2D eigenvalue weighted by molar-refractivity contribution is -0.131. The molecule has 0 aromatic heterocycles. The van der Waals surface area contributed by atoms with Gasteiger partial charge < -0.3 is 4.79 Å². The monoisotopic (exact) mass is 162 g/mol. The van der Waals surface area contributed by atoms with E-state index in [0.717, 1.165) is 26.2 Å². The van der Waals surface area contributed by atoms with Crippen LogP contribution in [0, 0.1) is 11.8 Å². The average Bonchev–Trinajstić information content (AvgIpc) is 1.74. The number of carbonyl (C=O) groups is 1. The highest BCUT2D eigenvalue weighted by Crippen LogP contribution is 2.39.